The molecule has 1 atom stereocenters. The van der Waals surface area contributed by atoms with E-state index in [1.807, 2.05) is 42.2 Å². The highest BCUT2D eigenvalue weighted by molar-refractivity contribution is 14.0. The van der Waals surface area contributed by atoms with Gasteiger partial charge in [-0.25, -0.2) is 0 Å². The van der Waals surface area contributed by atoms with Gasteiger partial charge in [-0.2, -0.15) is 0 Å². The molecule has 1 heterocycles. The minimum Gasteiger partial charge on any atom is -0.489 e. The van der Waals surface area contributed by atoms with Crippen LogP contribution in [0.1, 0.15) is 30.9 Å². The third-order valence-electron chi connectivity index (χ3n) is 5.04. The summed E-state index contributed by atoms with van der Waals surface area (Å²) in [5.41, 5.74) is 2.30. The monoisotopic (exact) mass is 522 g/mol. The zero-order valence-electron chi connectivity index (χ0n) is 17.6. The van der Waals surface area contributed by atoms with E-state index in [-0.39, 0.29) is 35.9 Å². The summed E-state index contributed by atoms with van der Waals surface area (Å²) in [4.78, 5) is 18.0. The fraction of sp³-hybridized carbons (Fsp3) is 0.391. The van der Waals surface area contributed by atoms with Crippen LogP contribution in [0.4, 0.5) is 0 Å². The molecule has 0 bridgehead atoms. The Hall–Kier alpha value is -2.29. The van der Waals surface area contributed by atoms with E-state index in [9.17, 15) is 4.79 Å². The lowest BCUT2D eigenvalue weighted by Gasteiger charge is -2.18. The number of carbonyl (C=O) groups is 1. The van der Waals surface area contributed by atoms with Crippen molar-refractivity contribution in [3.05, 3.63) is 65.7 Å². The van der Waals surface area contributed by atoms with Gasteiger partial charge in [-0.1, -0.05) is 49.4 Å². The standard InChI is InChI=1S/C23H30N4O2.HI/c1-3-22(28)27-14-13-20(16-27)26-23(24-2)25-15-18-9-11-21(12-10-18)29-17-19-7-5-4-6-8-19;/h4-12,20H,3,13-17H2,1-2H3,(H2,24,25,26);1H. The third kappa shape index (κ3) is 7.19. The Bertz CT molecular complexity index is 812. The van der Waals surface area contributed by atoms with Gasteiger partial charge in [0, 0.05) is 39.1 Å². The average Bonchev–Trinajstić information content (AvgIpc) is 3.24. The van der Waals surface area contributed by atoms with Crippen molar-refractivity contribution in [3.63, 3.8) is 0 Å². The predicted molar refractivity (Wildman–Crippen MR) is 131 cm³/mol. The number of halogens is 1. The quantitative estimate of drug-likeness (QED) is 0.332. The van der Waals surface area contributed by atoms with E-state index in [1.165, 1.54) is 0 Å². The Balaban J connectivity index is 0.00000320. The molecule has 0 saturated carbocycles. The van der Waals surface area contributed by atoms with Gasteiger partial charge < -0.3 is 20.3 Å². The van der Waals surface area contributed by atoms with Crippen LogP contribution in [0.5, 0.6) is 5.75 Å². The fourth-order valence-electron chi connectivity index (χ4n) is 3.35. The second kappa shape index (κ2) is 12.4. The van der Waals surface area contributed by atoms with Crippen LogP contribution in [0.2, 0.25) is 0 Å². The number of ether oxygens (including phenoxy) is 1. The molecule has 30 heavy (non-hydrogen) atoms. The molecule has 3 rings (SSSR count). The van der Waals surface area contributed by atoms with E-state index >= 15 is 0 Å². The van der Waals surface area contributed by atoms with Gasteiger partial charge in [0.05, 0.1) is 0 Å². The van der Waals surface area contributed by atoms with Crippen molar-refractivity contribution in [1.29, 1.82) is 0 Å². The Kier molecular flexibility index (Phi) is 9.93. The first kappa shape index (κ1) is 24.0. The summed E-state index contributed by atoms with van der Waals surface area (Å²) in [6.07, 6.45) is 1.50. The van der Waals surface area contributed by atoms with Crippen molar-refractivity contribution in [3.8, 4) is 5.75 Å². The van der Waals surface area contributed by atoms with E-state index in [1.54, 1.807) is 7.05 Å². The molecule has 1 aliphatic heterocycles. The van der Waals surface area contributed by atoms with Crippen LogP contribution in [0, 0.1) is 0 Å². The minimum absolute atomic E-state index is 0. The van der Waals surface area contributed by atoms with Crippen molar-refractivity contribution >= 4 is 35.8 Å². The Morgan fingerprint density at radius 3 is 2.53 bits per heavy atom. The van der Waals surface area contributed by atoms with Crippen LogP contribution in [-0.4, -0.2) is 42.9 Å². The summed E-state index contributed by atoms with van der Waals surface area (Å²) >= 11 is 0. The summed E-state index contributed by atoms with van der Waals surface area (Å²) in [6, 6.07) is 18.5. The molecule has 0 spiro atoms. The molecule has 1 unspecified atom stereocenters. The second-order valence-electron chi connectivity index (χ2n) is 7.17. The lowest BCUT2D eigenvalue weighted by molar-refractivity contribution is -0.129. The maximum atomic E-state index is 11.8. The van der Waals surface area contributed by atoms with E-state index in [0.717, 1.165) is 42.3 Å². The number of nitrogens with zero attached hydrogens (tertiary/aromatic N) is 2. The highest BCUT2D eigenvalue weighted by Crippen LogP contribution is 2.14. The number of hydrogen-bond donors (Lipinski definition) is 2. The van der Waals surface area contributed by atoms with Crippen LogP contribution in [-0.2, 0) is 17.9 Å². The molecule has 1 amide bonds. The topological polar surface area (TPSA) is 66.0 Å². The number of nitrogens with one attached hydrogen (secondary N) is 2. The third-order valence-corrected chi connectivity index (χ3v) is 5.04. The Morgan fingerprint density at radius 2 is 1.87 bits per heavy atom. The smallest absolute Gasteiger partial charge is 0.222 e. The van der Waals surface area contributed by atoms with E-state index in [0.29, 0.717) is 19.6 Å². The molecule has 0 radical (unpaired) electrons. The second-order valence-corrected chi connectivity index (χ2v) is 7.17. The van der Waals surface area contributed by atoms with Gasteiger partial charge >= 0.3 is 0 Å². The highest BCUT2D eigenvalue weighted by Gasteiger charge is 2.25. The van der Waals surface area contributed by atoms with Crippen molar-refractivity contribution in [2.45, 2.75) is 39.0 Å². The number of amides is 1. The van der Waals surface area contributed by atoms with Crippen LogP contribution < -0.4 is 15.4 Å². The Morgan fingerprint density at radius 1 is 1.13 bits per heavy atom. The number of carbonyl (C=O) groups excluding carboxylic acids is 1. The van der Waals surface area contributed by atoms with Gasteiger partial charge in [0.2, 0.25) is 5.91 Å². The maximum Gasteiger partial charge on any atom is 0.222 e. The van der Waals surface area contributed by atoms with Crippen molar-refractivity contribution in [1.82, 2.24) is 15.5 Å². The zero-order chi connectivity index (χ0) is 20.5. The molecule has 0 aromatic heterocycles. The first-order valence-corrected chi connectivity index (χ1v) is 10.2. The molecule has 1 aliphatic rings. The lowest BCUT2D eigenvalue weighted by atomic mass is 10.2. The highest BCUT2D eigenvalue weighted by atomic mass is 127. The minimum atomic E-state index is 0. The molecular weight excluding hydrogens is 491 g/mol. The summed E-state index contributed by atoms with van der Waals surface area (Å²) in [7, 11) is 1.76. The molecule has 1 saturated heterocycles. The predicted octanol–water partition coefficient (Wildman–Crippen LogP) is 3.56. The number of hydrogen-bond acceptors (Lipinski definition) is 3. The SMILES string of the molecule is CCC(=O)N1CCC(NC(=NC)NCc2ccc(OCc3ccccc3)cc2)C1.I. The maximum absolute atomic E-state index is 11.8. The number of aliphatic imine (C=N–C) groups is 1. The molecule has 1 fully saturated rings. The lowest BCUT2D eigenvalue weighted by Crippen LogP contribution is -2.44. The summed E-state index contributed by atoms with van der Waals surface area (Å²) in [6.45, 7) is 4.69. The van der Waals surface area contributed by atoms with Gasteiger partial charge in [-0.05, 0) is 29.7 Å². The van der Waals surface area contributed by atoms with E-state index in [2.05, 4.69) is 39.9 Å². The van der Waals surface area contributed by atoms with Crippen molar-refractivity contribution in [2.75, 3.05) is 20.1 Å². The van der Waals surface area contributed by atoms with Gasteiger partial charge in [-0.15, -0.1) is 24.0 Å². The fourth-order valence-corrected chi connectivity index (χ4v) is 3.35. The molecule has 0 aliphatic carbocycles. The average molecular weight is 522 g/mol. The normalized spacial score (nSPS) is 16.0. The first-order valence-electron chi connectivity index (χ1n) is 10.2. The Labute approximate surface area is 196 Å². The number of guanidine groups is 1. The number of benzene rings is 2. The molecule has 7 heteroatoms. The molecular formula is C23H31IN4O2. The van der Waals surface area contributed by atoms with Crippen molar-refractivity contribution in [2.24, 2.45) is 4.99 Å². The van der Waals surface area contributed by atoms with E-state index < -0.39 is 0 Å². The zero-order valence-corrected chi connectivity index (χ0v) is 20.0. The van der Waals surface area contributed by atoms with Crippen molar-refractivity contribution < 1.29 is 9.53 Å². The summed E-state index contributed by atoms with van der Waals surface area (Å²) in [5, 5.41) is 6.76. The molecule has 2 aromatic carbocycles. The van der Waals surface area contributed by atoms with Gasteiger partial charge in [0.25, 0.3) is 0 Å². The van der Waals surface area contributed by atoms with Crippen LogP contribution in [0.3, 0.4) is 0 Å². The van der Waals surface area contributed by atoms with Gasteiger partial charge in [0.15, 0.2) is 5.96 Å². The van der Waals surface area contributed by atoms with Crippen LogP contribution >= 0.6 is 24.0 Å². The molecule has 162 valence electrons. The summed E-state index contributed by atoms with van der Waals surface area (Å²) < 4.78 is 5.83. The number of likely N-dealkylation sites (tertiary alicyclic amines) is 1. The van der Waals surface area contributed by atoms with E-state index in [4.69, 9.17) is 4.74 Å². The molecule has 2 aromatic rings. The van der Waals surface area contributed by atoms with Crippen LogP contribution in [0.15, 0.2) is 59.6 Å². The largest absolute Gasteiger partial charge is 0.489 e. The van der Waals surface area contributed by atoms with Gasteiger partial charge in [-0.3, -0.25) is 9.79 Å². The van der Waals surface area contributed by atoms with Gasteiger partial charge in [0.1, 0.15) is 12.4 Å². The molecule has 6 nitrogen and oxygen atoms in total. The van der Waals surface area contributed by atoms with Crippen LogP contribution in [0.25, 0.3) is 0 Å². The first-order chi connectivity index (χ1) is 14.2. The summed E-state index contributed by atoms with van der Waals surface area (Å²) in [5.74, 6) is 1.82. The molecule has 2 N–H and O–H groups in total. The number of rotatable bonds is 7.